The van der Waals surface area contributed by atoms with Crippen LogP contribution in [0.2, 0.25) is 0 Å². The van der Waals surface area contributed by atoms with E-state index in [1.54, 1.807) is 6.07 Å². The Balaban J connectivity index is 2.37. The minimum absolute atomic E-state index is 0.0462. The number of halogens is 3. The molecular weight excluding hydrogens is 352 g/mol. The number of nitrogens with zero attached hydrogens (tertiary/aromatic N) is 2. The standard InChI is InChI=1S/C12H12BrF2N3OS/c1-3-6(2)17-18-12-16-10-8(19-11(14)15)4-7(13)5-9(10)20-12/h4-5,11H,3H2,1-2H3,(H,16,18)/b17-6-. The predicted molar refractivity (Wildman–Crippen MR) is 81.0 cm³/mol. The van der Waals surface area contributed by atoms with E-state index in [4.69, 9.17) is 0 Å². The van der Waals surface area contributed by atoms with E-state index in [0.29, 0.717) is 15.1 Å². The largest absolute Gasteiger partial charge is 0.432 e. The Morgan fingerprint density at radius 3 is 2.95 bits per heavy atom. The Morgan fingerprint density at radius 2 is 2.30 bits per heavy atom. The first kappa shape index (κ1) is 15.1. The molecule has 0 aliphatic heterocycles. The van der Waals surface area contributed by atoms with E-state index in [2.05, 4.69) is 36.2 Å². The van der Waals surface area contributed by atoms with Crippen LogP contribution in [0.25, 0.3) is 10.2 Å². The van der Waals surface area contributed by atoms with E-state index >= 15 is 0 Å². The van der Waals surface area contributed by atoms with Crippen molar-refractivity contribution in [3.63, 3.8) is 0 Å². The van der Waals surface area contributed by atoms with Gasteiger partial charge in [-0.15, -0.1) is 0 Å². The quantitative estimate of drug-likeness (QED) is 0.609. The summed E-state index contributed by atoms with van der Waals surface area (Å²) >= 11 is 4.58. The van der Waals surface area contributed by atoms with Crippen molar-refractivity contribution in [2.24, 2.45) is 5.10 Å². The van der Waals surface area contributed by atoms with Crippen LogP contribution in [-0.2, 0) is 0 Å². The Hall–Kier alpha value is -1.28. The monoisotopic (exact) mass is 363 g/mol. The molecule has 1 aromatic carbocycles. The fraction of sp³-hybridized carbons (Fsp3) is 0.333. The minimum Gasteiger partial charge on any atom is -0.432 e. The number of hydrazone groups is 1. The van der Waals surface area contributed by atoms with E-state index in [9.17, 15) is 8.78 Å². The first-order valence-corrected chi connectivity index (χ1v) is 7.44. The zero-order valence-electron chi connectivity index (χ0n) is 10.8. The summed E-state index contributed by atoms with van der Waals surface area (Å²) in [6.07, 6.45) is 0.823. The molecule has 0 saturated heterocycles. The lowest BCUT2D eigenvalue weighted by atomic mass is 10.3. The normalized spacial score (nSPS) is 12.2. The van der Waals surface area contributed by atoms with Crippen molar-refractivity contribution in [1.29, 1.82) is 0 Å². The molecule has 108 valence electrons. The summed E-state index contributed by atoms with van der Waals surface area (Å²) in [5.74, 6) is 0.0462. The van der Waals surface area contributed by atoms with Crippen LogP contribution >= 0.6 is 27.3 Å². The zero-order valence-corrected chi connectivity index (χ0v) is 13.2. The highest BCUT2D eigenvalue weighted by Crippen LogP contribution is 2.36. The number of anilines is 1. The van der Waals surface area contributed by atoms with Crippen LogP contribution < -0.4 is 10.2 Å². The predicted octanol–water partition coefficient (Wildman–Crippen LogP) is 4.86. The number of hydrogen-bond acceptors (Lipinski definition) is 5. The number of nitrogens with one attached hydrogen (secondary N) is 1. The van der Waals surface area contributed by atoms with Gasteiger partial charge in [-0.2, -0.15) is 13.9 Å². The van der Waals surface area contributed by atoms with Gasteiger partial charge in [0.25, 0.3) is 0 Å². The molecule has 2 rings (SSSR count). The van der Waals surface area contributed by atoms with Crippen LogP contribution in [0.4, 0.5) is 13.9 Å². The molecule has 0 fully saturated rings. The van der Waals surface area contributed by atoms with Gasteiger partial charge in [-0.05, 0) is 25.5 Å². The van der Waals surface area contributed by atoms with Gasteiger partial charge in [0, 0.05) is 10.2 Å². The fourth-order valence-corrected chi connectivity index (χ4v) is 2.88. The zero-order chi connectivity index (χ0) is 14.7. The number of ether oxygens (including phenoxy) is 1. The number of alkyl halides is 2. The molecule has 20 heavy (non-hydrogen) atoms. The lowest BCUT2D eigenvalue weighted by molar-refractivity contribution is -0.0489. The van der Waals surface area contributed by atoms with E-state index in [-0.39, 0.29) is 5.75 Å². The molecule has 1 heterocycles. The molecule has 2 aromatic rings. The molecule has 1 N–H and O–H groups in total. The number of aromatic nitrogens is 1. The highest BCUT2D eigenvalue weighted by atomic mass is 79.9. The Kier molecular flexibility index (Phi) is 4.87. The molecular formula is C12H12BrF2N3OS. The number of benzene rings is 1. The maximum absolute atomic E-state index is 12.4. The molecule has 1 aromatic heterocycles. The maximum atomic E-state index is 12.4. The summed E-state index contributed by atoms with van der Waals surface area (Å²) in [4.78, 5) is 4.23. The highest BCUT2D eigenvalue weighted by Gasteiger charge is 2.14. The maximum Gasteiger partial charge on any atom is 0.387 e. The lowest BCUT2D eigenvalue weighted by Crippen LogP contribution is -2.02. The molecule has 0 spiro atoms. The van der Waals surface area contributed by atoms with Crippen LogP contribution in [0.15, 0.2) is 21.7 Å². The van der Waals surface area contributed by atoms with Crippen molar-refractivity contribution in [2.45, 2.75) is 26.9 Å². The van der Waals surface area contributed by atoms with Gasteiger partial charge < -0.3 is 4.74 Å². The molecule has 0 aliphatic carbocycles. The van der Waals surface area contributed by atoms with Gasteiger partial charge in [-0.25, -0.2) is 4.98 Å². The van der Waals surface area contributed by atoms with Crippen LogP contribution in [0, 0.1) is 0 Å². The third kappa shape index (κ3) is 3.63. The second-order valence-corrected chi connectivity index (χ2v) is 5.91. The number of hydrogen-bond donors (Lipinski definition) is 1. The number of fused-ring (bicyclic) bond motifs is 1. The number of thiazole rings is 1. The third-order valence-corrected chi connectivity index (χ3v) is 3.86. The summed E-state index contributed by atoms with van der Waals surface area (Å²) in [7, 11) is 0. The van der Waals surface area contributed by atoms with Gasteiger partial charge in [0.1, 0.15) is 5.52 Å². The van der Waals surface area contributed by atoms with Crippen LogP contribution in [0.5, 0.6) is 5.75 Å². The van der Waals surface area contributed by atoms with E-state index in [1.165, 1.54) is 17.4 Å². The summed E-state index contributed by atoms with van der Waals surface area (Å²) < 4.78 is 30.7. The molecule has 0 atom stereocenters. The second-order valence-electron chi connectivity index (χ2n) is 3.96. The second kappa shape index (κ2) is 6.45. The molecule has 0 aliphatic rings. The Morgan fingerprint density at radius 1 is 1.55 bits per heavy atom. The fourth-order valence-electron chi connectivity index (χ4n) is 1.42. The van der Waals surface area contributed by atoms with E-state index < -0.39 is 6.61 Å². The molecule has 4 nitrogen and oxygen atoms in total. The minimum atomic E-state index is -2.88. The van der Waals surface area contributed by atoms with Crippen molar-refractivity contribution in [3.05, 3.63) is 16.6 Å². The molecule has 8 heteroatoms. The van der Waals surface area contributed by atoms with Gasteiger partial charge in [0.2, 0.25) is 5.13 Å². The van der Waals surface area contributed by atoms with Gasteiger partial charge in [-0.1, -0.05) is 34.2 Å². The average Bonchev–Trinajstić information content (AvgIpc) is 2.78. The van der Waals surface area contributed by atoms with E-state index in [0.717, 1.165) is 16.8 Å². The summed E-state index contributed by atoms with van der Waals surface area (Å²) in [5.41, 5.74) is 4.14. The Labute approximate surface area is 127 Å². The molecule has 0 amide bonds. The summed E-state index contributed by atoms with van der Waals surface area (Å²) in [6.45, 7) is 0.998. The first-order chi connectivity index (χ1) is 9.49. The van der Waals surface area contributed by atoms with Gasteiger partial charge in [0.15, 0.2) is 5.75 Å². The third-order valence-electron chi connectivity index (χ3n) is 2.49. The SMILES string of the molecule is CC/C(C)=N\Nc1nc2c(OC(F)F)cc(Br)cc2s1. The van der Waals surface area contributed by atoms with Crippen molar-refractivity contribution in [3.8, 4) is 5.75 Å². The van der Waals surface area contributed by atoms with Crippen molar-refractivity contribution < 1.29 is 13.5 Å². The van der Waals surface area contributed by atoms with Crippen LogP contribution in [0.1, 0.15) is 20.3 Å². The average molecular weight is 364 g/mol. The Bertz CT molecular complexity index is 645. The molecule has 0 bridgehead atoms. The summed E-state index contributed by atoms with van der Waals surface area (Å²) in [5, 5.41) is 4.67. The lowest BCUT2D eigenvalue weighted by Gasteiger charge is -2.05. The smallest absolute Gasteiger partial charge is 0.387 e. The van der Waals surface area contributed by atoms with Crippen molar-refractivity contribution >= 4 is 48.3 Å². The number of rotatable bonds is 5. The van der Waals surface area contributed by atoms with Gasteiger partial charge >= 0.3 is 6.61 Å². The van der Waals surface area contributed by atoms with Crippen molar-refractivity contribution in [2.75, 3.05) is 5.43 Å². The first-order valence-electron chi connectivity index (χ1n) is 5.83. The van der Waals surface area contributed by atoms with Gasteiger partial charge in [0.05, 0.1) is 4.70 Å². The molecule has 0 unspecified atom stereocenters. The van der Waals surface area contributed by atoms with Crippen molar-refractivity contribution in [1.82, 2.24) is 4.98 Å². The van der Waals surface area contributed by atoms with Crippen LogP contribution in [0.3, 0.4) is 0 Å². The van der Waals surface area contributed by atoms with Gasteiger partial charge in [-0.3, -0.25) is 5.43 Å². The summed E-state index contributed by atoms with van der Waals surface area (Å²) in [6, 6.07) is 3.27. The topological polar surface area (TPSA) is 46.5 Å². The van der Waals surface area contributed by atoms with E-state index in [1.807, 2.05) is 13.8 Å². The molecule has 0 saturated carbocycles. The van der Waals surface area contributed by atoms with Crippen LogP contribution in [-0.4, -0.2) is 17.3 Å². The highest BCUT2D eigenvalue weighted by molar-refractivity contribution is 9.10. The molecule has 0 radical (unpaired) electrons.